The lowest BCUT2D eigenvalue weighted by Gasteiger charge is -2.40. The molecule has 136 valence electrons. The van der Waals surface area contributed by atoms with E-state index in [-0.39, 0.29) is 24.0 Å². The molecule has 2 atom stereocenters. The molecule has 0 aromatic heterocycles. The van der Waals surface area contributed by atoms with Crippen molar-refractivity contribution in [1.82, 2.24) is 10.2 Å². The second-order valence-corrected chi connectivity index (χ2v) is 7.36. The Morgan fingerprint density at radius 2 is 1.80 bits per heavy atom. The summed E-state index contributed by atoms with van der Waals surface area (Å²) in [5.74, 6) is 0.145. The van der Waals surface area contributed by atoms with Crippen LogP contribution >= 0.6 is 0 Å². The average molecular weight is 344 g/mol. The maximum atomic E-state index is 12.8. The molecular formula is C20H28N2O3. The summed E-state index contributed by atoms with van der Waals surface area (Å²) in [6, 6.07) is 9.98. The third-order valence-electron chi connectivity index (χ3n) is 5.36. The van der Waals surface area contributed by atoms with Crippen LogP contribution in [0.4, 0.5) is 0 Å². The fourth-order valence-electron chi connectivity index (χ4n) is 3.93. The molecule has 5 heteroatoms. The number of ether oxygens (including phenoxy) is 1. The molecule has 1 aliphatic carbocycles. The van der Waals surface area contributed by atoms with Gasteiger partial charge in [-0.3, -0.25) is 9.59 Å². The highest BCUT2D eigenvalue weighted by Crippen LogP contribution is 2.43. The van der Waals surface area contributed by atoms with Gasteiger partial charge in [0.05, 0.1) is 17.6 Å². The monoisotopic (exact) mass is 344 g/mol. The van der Waals surface area contributed by atoms with Crippen LogP contribution in [0, 0.1) is 0 Å². The Labute approximate surface area is 149 Å². The first kappa shape index (κ1) is 17.9. The first-order valence-electron chi connectivity index (χ1n) is 9.28. The van der Waals surface area contributed by atoms with E-state index in [1.165, 1.54) is 0 Å². The lowest BCUT2D eigenvalue weighted by Crippen LogP contribution is -2.51. The van der Waals surface area contributed by atoms with E-state index in [9.17, 15) is 9.59 Å². The Morgan fingerprint density at radius 3 is 2.36 bits per heavy atom. The minimum atomic E-state index is -0.397. The number of nitrogens with zero attached hydrogens (tertiary/aromatic N) is 1. The van der Waals surface area contributed by atoms with Crippen molar-refractivity contribution in [3.05, 3.63) is 35.9 Å². The van der Waals surface area contributed by atoms with Gasteiger partial charge in [-0.2, -0.15) is 0 Å². The van der Waals surface area contributed by atoms with Gasteiger partial charge >= 0.3 is 0 Å². The Morgan fingerprint density at radius 1 is 1.16 bits per heavy atom. The van der Waals surface area contributed by atoms with Crippen molar-refractivity contribution in [1.29, 1.82) is 0 Å². The zero-order valence-corrected chi connectivity index (χ0v) is 15.2. The first-order valence-corrected chi connectivity index (χ1v) is 9.28. The number of nitrogens with one attached hydrogen (secondary N) is 1. The Bertz CT molecular complexity index is 603. The van der Waals surface area contributed by atoms with Crippen molar-refractivity contribution in [3.63, 3.8) is 0 Å². The zero-order chi connectivity index (χ0) is 17.9. The molecule has 1 heterocycles. The quantitative estimate of drug-likeness (QED) is 0.891. The largest absolute Gasteiger partial charge is 0.372 e. The summed E-state index contributed by atoms with van der Waals surface area (Å²) in [5, 5.41) is 3.00. The molecule has 0 unspecified atom stereocenters. The lowest BCUT2D eigenvalue weighted by molar-refractivity contribution is -0.143. The van der Waals surface area contributed by atoms with Crippen molar-refractivity contribution < 1.29 is 14.3 Å². The fraction of sp³-hybridized carbons (Fsp3) is 0.600. The van der Waals surface area contributed by atoms with E-state index >= 15 is 0 Å². The number of carbonyl (C=O) groups is 2. The molecular weight excluding hydrogens is 316 g/mol. The molecule has 1 aliphatic heterocycles. The Kier molecular flexibility index (Phi) is 5.42. The summed E-state index contributed by atoms with van der Waals surface area (Å²) >= 11 is 0. The third kappa shape index (κ3) is 3.87. The molecule has 1 aromatic carbocycles. The second-order valence-electron chi connectivity index (χ2n) is 7.36. The molecule has 2 fully saturated rings. The lowest BCUT2D eigenvalue weighted by atomic mass is 9.64. The van der Waals surface area contributed by atoms with Gasteiger partial charge in [-0.25, -0.2) is 0 Å². The zero-order valence-electron chi connectivity index (χ0n) is 15.2. The summed E-state index contributed by atoms with van der Waals surface area (Å²) in [6.07, 6.45) is 3.32. The minimum Gasteiger partial charge on any atom is -0.372 e. The first-order chi connectivity index (χ1) is 12.0. The van der Waals surface area contributed by atoms with Crippen LogP contribution in [-0.4, -0.2) is 48.6 Å². The molecule has 1 saturated heterocycles. The van der Waals surface area contributed by atoms with Crippen LogP contribution in [0.2, 0.25) is 0 Å². The van der Waals surface area contributed by atoms with E-state index in [4.69, 9.17) is 4.74 Å². The van der Waals surface area contributed by atoms with Crippen LogP contribution in [0.3, 0.4) is 0 Å². The molecule has 1 aromatic rings. The SMILES string of the molecule is C[C@@H]1CN(C(=O)CCNC(=O)C2(c3ccccc3)CCC2)C[C@@H](C)O1. The van der Waals surface area contributed by atoms with Crippen LogP contribution in [0.25, 0.3) is 0 Å². The molecule has 2 amide bonds. The molecule has 3 rings (SSSR count). The maximum Gasteiger partial charge on any atom is 0.230 e. The predicted octanol–water partition coefficient (Wildman–Crippen LogP) is 2.25. The van der Waals surface area contributed by atoms with Crippen molar-refractivity contribution in [2.45, 2.75) is 57.2 Å². The Balaban J connectivity index is 1.51. The summed E-state index contributed by atoms with van der Waals surface area (Å²) in [7, 11) is 0. The van der Waals surface area contributed by atoms with Crippen LogP contribution in [0.5, 0.6) is 0 Å². The van der Waals surface area contributed by atoms with Gasteiger partial charge < -0.3 is 15.0 Å². The minimum absolute atomic E-state index is 0.0569. The summed E-state index contributed by atoms with van der Waals surface area (Å²) in [4.78, 5) is 27.0. The van der Waals surface area contributed by atoms with Crippen molar-refractivity contribution in [2.24, 2.45) is 0 Å². The number of morpholine rings is 1. The molecule has 0 radical (unpaired) electrons. The van der Waals surface area contributed by atoms with E-state index < -0.39 is 5.41 Å². The van der Waals surface area contributed by atoms with Crippen molar-refractivity contribution >= 4 is 11.8 Å². The van der Waals surface area contributed by atoms with E-state index in [1.807, 2.05) is 49.1 Å². The van der Waals surface area contributed by atoms with E-state index in [0.29, 0.717) is 26.1 Å². The van der Waals surface area contributed by atoms with Crippen LogP contribution in [-0.2, 0) is 19.7 Å². The normalized spacial score (nSPS) is 25.1. The number of benzene rings is 1. The highest BCUT2D eigenvalue weighted by Gasteiger charge is 2.45. The van der Waals surface area contributed by atoms with Crippen LogP contribution in [0.1, 0.15) is 45.1 Å². The van der Waals surface area contributed by atoms with Crippen LogP contribution < -0.4 is 5.32 Å². The summed E-state index contributed by atoms with van der Waals surface area (Å²) < 4.78 is 5.66. The molecule has 1 N–H and O–H groups in total. The smallest absolute Gasteiger partial charge is 0.230 e. The fourth-order valence-corrected chi connectivity index (χ4v) is 3.93. The van der Waals surface area contributed by atoms with Crippen molar-refractivity contribution in [2.75, 3.05) is 19.6 Å². The van der Waals surface area contributed by atoms with Gasteiger partial charge in [0, 0.05) is 26.1 Å². The van der Waals surface area contributed by atoms with Gasteiger partial charge in [-0.05, 0) is 32.3 Å². The highest BCUT2D eigenvalue weighted by molar-refractivity contribution is 5.89. The standard InChI is InChI=1S/C20H28N2O3/c1-15-13-22(14-16(2)25-15)18(23)9-12-21-19(24)20(10-6-11-20)17-7-4-3-5-8-17/h3-5,7-8,15-16H,6,9-14H2,1-2H3,(H,21,24)/t15-,16-/m1/s1. The predicted molar refractivity (Wildman–Crippen MR) is 96.2 cm³/mol. The summed E-state index contributed by atoms with van der Waals surface area (Å²) in [5.41, 5.74) is 0.688. The number of amides is 2. The van der Waals surface area contributed by atoms with Crippen molar-refractivity contribution in [3.8, 4) is 0 Å². The highest BCUT2D eigenvalue weighted by atomic mass is 16.5. The number of hydrogen-bond donors (Lipinski definition) is 1. The number of rotatable bonds is 5. The topological polar surface area (TPSA) is 58.6 Å². The van der Waals surface area contributed by atoms with Gasteiger partial charge in [0.25, 0.3) is 0 Å². The molecule has 2 aliphatic rings. The maximum absolute atomic E-state index is 12.8. The molecule has 1 saturated carbocycles. The van der Waals surface area contributed by atoms with Gasteiger partial charge in [0.15, 0.2) is 0 Å². The molecule has 0 spiro atoms. The average Bonchev–Trinajstić information content (AvgIpc) is 2.54. The van der Waals surface area contributed by atoms with Crippen LogP contribution in [0.15, 0.2) is 30.3 Å². The Hall–Kier alpha value is -1.88. The van der Waals surface area contributed by atoms with Gasteiger partial charge in [-0.1, -0.05) is 36.8 Å². The van der Waals surface area contributed by atoms with E-state index in [2.05, 4.69) is 5.32 Å². The molecule has 0 bridgehead atoms. The number of carbonyl (C=O) groups excluding carboxylic acids is 2. The van der Waals surface area contributed by atoms with Gasteiger partial charge in [-0.15, -0.1) is 0 Å². The number of hydrogen-bond acceptors (Lipinski definition) is 3. The second kappa shape index (κ2) is 7.56. The van der Waals surface area contributed by atoms with Gasteiger partial charge in [0.2, 0.25) is 11.8 Å². The molecule has 5 nitrogen and oxygen atoms in total. The van der Waals surface area contributed by atoms with Gasteiger partial charge in [0.1, 0.15) is 0 Å². The molecule has 25 heavy (non-hydrogen) atoms. The van der Waals surface area contributed by atoms with E-state index in [0.717, 1.165) is 24.8 Å². The summed E-state index contributed by atoms with van der Waals surface area (Å²) in [6.45, 7) is 5.62. The third-order valence-corrected chi connectivity index (χ3v) is 5.36. The van der Waals surface area contributed by atoms with E-state index in [1.54, 1.807) is 0 Å².